The fourth-order valence-corrected chi connectivity index (χ4v) is 3.10. The van der Waals surface area contributed by atoms with Gasteiger partial charge in [-0.1, -0.05) is 11.8 Å². The Labute approximate surface area is 131 Å². The minimum absolute atomic E-state index is 0.193. The zero-order valence-corrected chi connectivity index (χ0v) is 13.0. The Kier molecular flexibility index (Phi) is 4.07. The lowest BCUT2D eigenvalue weighted by atomic mass is 10.3. The second-order valence-electron chi connectivity index (χ2n) is 4.56. The van der Waals surface area contributed by atoms with Crippen molar-refractivity contribution in [2.24, 2.45) is 0 Å². The van der Waals surface area contributed by atoms with E-state index in [1.54, 1.807) is 6.92 Å². The predicted molar refractivity (Wildman–Crippen MR) is 82.4 cm³/mol. The molecule has 0 aliphatic carbocycles. The van der Waals surface area contributed by atoms with Gasteiger partial charge in [-0.3, -0.25) is 0 Å². The van der Waals surface area contributed by atoms with Gasteiger partial charge in [-0.2, -0.15) is 0 Å². The lowest BCUT2D eigenvalue weighted by Crippen LogP contribution is -1.99. The second-order valence-corrected chi connectivity index (χ2v) is 5.96. The van der Waals surface area contributed by atoms with Gasteiger partial charge >= 0.3 is 0 Å². The topological polar surface area (TPSA) is 70.3 Å². The molecule has 1 aromatic heterocycles. The summed E-state index contributed by atoms with van der Waals surface area (Å²) in [5, 5.41) is 0.834. The van der Waals surface area contributed by atoms with Crippen LogP contribution >= 0.6 is 23.4 Å². The number of rotatable bonds is 2. The van der Waals surface area contributed by atoms with Crippen LogP contribution in [-0.2, 0) is 0 Å². The van der Waals surface area contributed by atoms with Gasteiger partial charge in [0.25, 0.3) is 0 Å². The van der Waals surface area contributed by atoms with E-state index in [4.69, 9.17) is 26.8 Å². The van der Waals surface area contributed by atoms with E-state index in [1.165, 1.54) is 11.8 Å². The number of benzene rings is 1. The molecule has 0 unspecified atom stereocenters. The van der Waals surface area contributed by atoms with E-state index in [2.05, 4.69) is 9.97 Å². The Bertz CT molecular complexity index is 682. The third kappa shape index (κ3) is 3.16. The molecule has 0 fully saturated rings. The summed E-state index contributed by atoms with van der Waals surface area (Å²) in [6, 6.07) is 5.77. The molecule has 2 aromatic rings. The number of aromatic nitrogens is 2. The molecular formula is C14H14ClN3O2S. The molecule has 2 heterocycles. The Morgan fingerprint density at radius 1 is 1.19 bits per heavy atom. The first-order valence-corrected chi connectivity index (χ1v) is 7.70. The number of nitrogen functional groups attached to an aromatic ring is 1. The number of halogens is 1. The molecular weight excluding hydrogens is 310 g/mol. The van der Waals surface area contributed by atoms with Gasteiger partial charge in [0.05, 0.1) is 24.6 Å². The van der Waals surface area contributed by atoms with E-state index in [-0.39, 0.29) is 5.28 Å². The summed E-state index contributed by atoms with van der Waals surface area (Å²) in [7, 11) is 0. The van der Waals surface area contributed by atoms with Crippen molar-refractivity contribution in [1.29, 1.82) is 0 Å². The maximum absolute atomic E-state index is 6.00. The van der Waals surface area contributed by atoms with Crippen LogP contribution in [0.1, 0.15) is 12.1 Å². The molecule has 0 saturated carbocycles. The highest BCUT2D eigenvalue weighted by Gasteiger charge is 2.14. The molecule has 0 atom stereocenters. The molecule has 0 amide bonds. The van der Waals surface area contributed by atoms with Crippen LogP contribution in [0.15, 0.2) is 28.1 Å². The van der Waals surface area contributed by atoms with E-state index < -0.39 is 0 Å². The number of hydrogen-bond donors (Lipinski definition) is 1. The van der Waals surface area contributed by atoms with Crippen LogP contribution in [0.3, 0.4) is 0 Å². The lowest BCUT2D eigenvalue weighted by molar-refractivity contribution is 0.297. The zero-order chi connectivity index (χ0) is 14.8. The summed E-state index contributed by atoms with van der Waals surface area (Å²) in [5.74, 6) is 1.51. The summed E-state index contributed by atoms with van der Waals surface area (Å²) >= 11 is 7.32. The van der Waals surface area contributed by atoms with Crippen molar-refractivity contribution in [3.05, 3.63) is 29.2 Å². The summed E-state index contributed by atoms with van der Waals surface area (Å²) in [5.41, 5.74) is 7.21. The van der Waals surface area contributed by atoms with E-state index in [0.717, 1.165) is 22.8 Å². The Morgan fingerprint density at radius 3 is 2.76 bits per heavy atom. The molecule has 110 valence electrons. The SMILES string of the molecule is Cc1nc(Cl)nc(Sc2ccc3c(c2)OCCCO3)c1N. The molecule has 2 N–H and O–H groups in total. The van der Waals surface area contributed by atoms with Gasteiger partial charge in [0.15, 0.2) is 11.5 Å². The first-order chi connectivity index (χ1) is 10.1. The van der Waals surface area contributed by atoms with Crippen molar-refractivity contribution < 1.29 is 9.47 Å². The normalized spacial score (nSPS) is 13.8. The number of fused-ring (bicyclic) bond motifs is 1. The average Bonchev–Trinajstić information content (AvgIpc) is 2.69. The van der Waals surface area contributed by atoms with Crippen molar-refractivity contribution >= 4 is 29.1 Å². The highest BCUT2D eigenvalue weighted by molar-refractivity contribution is 7.99. The number of hydrogen-bond acceptors (Lipinski definition) is 6. The average molecular weight is 324 g/mol. The van der Waals surface area contributed by atoms with Gasteiger partial charge in [0.1, 0.15) is 5.03 Å². The number of nitrogens with zero attached hydrogens (tertiary/aromatic N) is 2. The fraction of sp³-hybridized carbons (Fsp3) is 0.286. The maximum atomic E-state index is 6.00. The molecule has 1 aliphatic rings. The third-order valence-electron chi connectivity index (χ3n) is 3.01. The van der Waals surface area contributed by atoms with Gasteiger partial charge in [0.2, 0.25) is 5.28 Å². The highest BCUT2D eigenvalue weighted by Crippen LogP contribution is 2.38. The van der Waals surface area contributed by atoms with E-state index >= 15 is 0 Å². The van der Waals surface area contributed by atoms with Crippen molar-refractivity contribution in [3.63, 3.8) is 0 Å². The molecule has 0 spiro atoms. The fourth-order valence-electron chi connectivity index (χ4n) is 1.92. The Hall–Kier alpha value is -1.66. The number of nitrogens with two attached hydrogens (primary N) is 1. The molecule has 1 aromatic carbocycles. The predicted octanol–water partition coefficient (Wildman–Crippen LogP) is 3.33. The van der Waals surface area contributed by atoms with Crippen molar-refractivity contribution in [2.75, 3.05) is 18.9 Å². The second kappa shape index (κ2) is 5.99. The van der Waals surface area contributed by atoms with Crippen LogP contribution in [0.4, 0.5) is 5.69 Å². The van der Waals surface area contributed by atoms with Crippen LogP contribution in [0.5, 0.6) is 11.5 Å². The van der Waals surface area contributed by atoms with Gasteiger partial charge < -0.3 is 15.2 Å². The number of ether oxygens (including phenoxy) is 2. The molecule has 0 bridgehead atoms. The van der Waals surface area contributed by atoms with Crippen molar-refractivity contribution in [1.82, 2.24) is 9.97 Å². The quantitative estimate of drug-likeness (QED) is 0.675. The largest absolute Gasteiger partial charge is 0.490 e. The number of aryl methyl sites for hydroxylation is 1. The first kappa shape index (κ1) is 14.3. The smallest absolute Gasteiger partial charge is 0.223 e. The molecule has 5 nitrogen and oxygen atoms in total. The van der Waals surface area contributed by atoms with Crippen molar-refractivity contribution in [2.45, 2.75) is 23.3 Å². The van der Waals surface area contributed by atoms with Crippen LogP contribution in [0, 0.1) is 6.92 Å². The molecule has 1 aliphatic heterocycles. The van der Waals surface area contributed by atoms with Crippen LogP contribution in [-0.4, -0.2) is 23.2 Å². The van der Waals surface area contributed by atoms with E-state index in [1.807, 2.05) is 18.2 Å². The molecule has 0 saturated heterocycles. The third-order valence-corrected chi connectivity index (χ3v) is 4.17. The first-order valence-electron chi connectivity index (χ1n) is 6.50. The summed E-state index contributed by atoms with van der Waals surface area (Å²) in [6.07, 6.45) is 0.880. The van der Waals surface area contributed by atoms with Crippen LogP contribution < -0.4 is 15.2 Å². The molecule has 0 radical (unpaired) electrons. The monoisotopic (exact) mass is 323 g/mol. The molecule has 3 rings (SSSR count). The van der Waals surface area contributed by atoms with E-state index in [0.29, 0.717) is 29.6 Å². The highest BCUT2D eigenvalue weighted by atomic mass is 35.5. The lowest BCUT2D eigenvalue weighted by Gasteiger charge is -2.10. The molecule has 21 heavy (non-hydrogen) atoms. The van der Waals surface area contributed by atoms with E-state index in [9.17, 15) is 0 Å². The summed E-state index contributed by atoms with van der Waals surface area (Å²) in [4.78, 5) is 9.17. The minimum atomic E-state index is 0.193. The number of anilines is 1. The van der Waals surface area contributed by atoms with Crippen LogP contribution in [0.2, 0.25) is 5.28 Å². The van der Waals surface area contributed by atoms with Crippen molar-refractivity contribution in [3.8, 4) is 11.5 Å². The van der Waals surface area contributed by atoms with Gasteiger partial charge in [-0.15, -0.1) is 0 Å². The maximum Gasteiger partial charge on any atom is 0.223 e. The summed E-state index contributed by atoms with van der Waals surface area (Å²) in [6.45, 7) is 3.13. The van der Waals surface area contributed by atoms with Gasteiger partial charge in [-0.05, 0) is 36.7 Å². The zero-order valence-electron chi connectivity index (χ0n) is 11.4. The minimum Gasteiger partial charge on any atom is -0.490 e. The van der Waals surface area contributed by atoms with Gasteiger partial charge in [-0.25, -0.2) is 9.97 Å². The Balaban J connectivity index is 1.90. The van der Waals surface area contributed by atoms with Crippen LogP contribution in [0.25, 0.3) is 0 Å². The summed E-state index contributed by atoms with van der Waals surface area (Å²) < 4.78 is 11.3. The molecule has 7 heteroatoms. The van der Waals surface area contributed by atoms with Gasteiger partial charge in [0, 0.05) is 11.3 Å². The standard InChI is InChI=1S/C14H14ClN3O2S/c1-8-12(16)13(18-14(15)17-8)21-9-3-4-10-11(7-9)20-6-2-5-19-10/h3-4,7H,2,5-6,16H2,1H3. The Morgan fingerprint density at radius 2 is 1.95 bits per heavy atom.